The topological polar surface area (TPSA) is 72.3 Å². The van der Waals surface area contributed by atoms with Crippen LogP contribution >= 0.6 is 0 Å². The summed E-state index contributed by atoms with van der Waals surface area (Å²) in [7, 11) is -0.421. The predicted octanol–water partition coefficient (Wildman–Crippen LogP) is 1.84. The Hall–Kier alpha value is -2.41. The minimum Gasteiger partial charge on any atom is -0.345 e. The minimum absolute atomic E-state index is 0.196. The second-order valence-corrected chi connectivity index (χ2v) is 7.21. The monoisotopic (exact) mass is 333 g/mol. The molecular formula is C16H19N3O3S. The van der Waals surface area contributed by atoms with Crippen LogP contribution in [0.2, 0.25) is 0 Å². The van der Waals surface area contributed by atoms with Gasteiger partial charge in [-0.15, -0.1) is 0 Å². The highest BCUT2D eigenvalue weighted by Crippen LogP contribution is 2.17. The number of rotatable bonds is 4. The van der Waals surface area contributed by atoms with Crippen molar-refractivity contribution in [2.24, 2.45) is 0 Å². The number of benzene rings is 1. The zero-order valence-electron chi connectivity index (χ0n) is 13.5. The molecular weight excluding hydrogens is 314 g/mol. The first-order valence-corrected chi connectivity index (χ1v) is 8.43. The maximum Gasteiger partial charge on any atom is 0.269 e. The van der Waals surface area contributed by atoms with Crippen LogP contribution in [-0.4, -0.2) is 42.3 Å². The fourth-order valence-electron chi connectivity index (χ4n) is 1.93. The highest BCUT2D eigenvalue weighted by atomic mass is 32.2. The van der Waals surface area contributed by atoms with Gasteiger partial charge in [0.1, 0.15) is 5.82 Å². The highest BCUT2D eigenvalue weighted by molar-refractivity contribution is 7.90. The van der Waals surface area contributed by atoms with E-state index >= 15 is 0 Å². The number of nitrogens with zero attached hydrogens (tertiary/aromatic N) is 3. The number of amides is 1. The van der Waals surface area contributed by atoms with Gasteiger partial charge in [0.2, 0.25) is 5.91 Å². The van der Waals surface area contributed by atoms with Crippen molar-refractivity contribution in [2.75, 3.05) is 14.1 Å². The molecule has 1 heterocycles. The molecule has 0 fully saturated rings. The Labute approximate surface area is 136 Å². The van der Waals surface area contributed by atoms with Crippen LogP contribution in [0, 0.1) is 13.8 Å². The molecule has 0 spiro atoms. The summed E-state index contributed by atoms with van der Waals surface area (Å²) in [6.45, 7) is 3.50. The second-order valence-electron chi connectivity index (χ2n) is 5.39. The standard InChI is InChI=1S/C16H19N3O3S/c1-12-5-8-15(9-6-12)23(21,22)19-11-14(17-13(19)2)7-10-16(20)18(3)4/h5-11H,1-4H3. The summed E-state index contributed by atoms with van der Waals surface area (Å²) in [6, 6.07) is 6.62. The smallest absolute Gasteiger partial charge is 0.269 e. The molecule has 0 saturated heterocycles. The molecule has 0 bridgehead atoms. The number of likely N-dealkylation sites (N-methyl/N-ethyl adjacent to an activating group) is 1. The lowest BCUT2D eigenvalue weighted by Crippen LogP contribution is -2.18. The van der Waals surface area contributed by atoms with Crippen molar-refractivity contribution in [3.05, 3.63) is 53.6 Å². The molecule has 122 valence electrons. The Bertz CT molecular complexity index is 847. The lowest BCUT2D eigenvalue weighted by molar-refractivity contribution is -0.123. The van der Waals surface area contributed by atoms with Crippen molar-refractivity contribution in [3.8, 4) is 0 Å². The van der Waals surface area contributed by atoms with Gasteiger partial charge in [-0.2, -0.15) is 0 Å². The van der Waals surface area contributed by atoms with Crippen molar-refractivity contribution in [2.45, 2.75) is 18.7 Å². The van der Waals surface area contributed by atoms with Gasteiger partial charge < -0.3 is 4.90 Å². The van der Waals surface area contributed by atoms with E-state index in [-0.39, 0.29) is 10.8 Å². The third-order valence-corrected chi connectivity index (χ3v) is 5.03. The van der Waals surface area contributed by atoms with Crippen LogP contribution < -0.4 is 0 Å². The average Bonchev–Trinajstić information content (AvgIpc) is 2.87. The molecule has 1 amide bonds. The zero-order chi connectivity index (χ0) is 17.2. The summed E-state index contributed by atoms with van der Waals surface area (Å²) in [5.74, 6) is 0.140. The van der Waals surface area contributed by atoms with E-state index in [1.807, 2.05) is 6.92 Å². The van der Waals surface area contributed by atoms with Crippen LogP contribution in [0.5, 0.6) is 0 Å². The second kappa shape index (κ2) is 6.37. The van der Waals surface area contributed by atoms with Gasteiger partial charge in [-0.1, -0.05) is 17.7 Å². The summed E-state index contributed by atoms with van der Waals surface area (Å²) in [5, 5.41) is 0. The molecule has 7 heteroatoms. The lowest BCUT2D eigenvalue weighted by Gasteiger charge is -2.07. The van der Waals surface area contributed by atoms with Crippen molar-refractivity contribution in [3.63, 3.8) is 0 Å². The van der Waals surface area contributed by atoms with Gasteiger partial charge in [-0.3, -0.25) is 4.79 Å². The van der Waals surface area contributed by atoms with E-state index in [9.17, 15) is 13.2 Å². The van der Waals surface area contributed by atoms with E-state index in [0.29, 0.717) is 11.5 Å². The normalized spacial score (nSPS) is 11.8. The molecule has 1 aromatic heterocycles. The molecule has 2 aromatic rings. The van der Waals surface area contributed by atoms with Crippen LogP contribution in [-0.2, 0) is 14.8 Å². The Balaban J connectivity index is 2.37. The van der Waals surface area contributed by atoms with Gasteiger partial charge in [0.05, 0.1) is 10.6 Å². The number of aryl methyl sites for hydroxylation is 2. The molecule has 0 aliphatic heterocycles. The Morgan fingerprint density at radius 2 is 1.78 bits per heavy atom. The first-order chi connectivity index (χ1) is 10.7. The third kappa shape index (κ3) is 3.68. The van der Waals surface area contributed by atoms with Crippen molar-refractivity contribution in [1.82, 2.24) is 13.9 Å². The van der Waals surface area contributed by atoms with Crippen LogP contribution in [0.3, 0.4) is 0 Å². The first-order valence-electron chi connectivity index (χ1n) is 6.99. The fourth-order valence-corrected chi connectivity index (χ4v) is 3.27. The number of imidazole rings is 1. The van der Waals surface area contributed by atoms with E-state index in [2.05, 4.69) is 4.98 Å². The molecule has 0 unspecified atom stereocenters. The van der Waals surface area contributed by atoms with Crippen molar-refractivity contribution >= 4 is 22.0 Å². The van der Waals surface area contributed by atoms with Crippen molar-refractivity contribution < 1.29 is 13.2 Å². The van der Waals surface area contributed by atoms with Gasteiger partial charge in [-0.25, -0.2) is 17.4 Å². The maximum atomic E-state index is 12.6. The van der Waals surface area contributed by atoms with Crippen LogP contribution in [0.25, 0.3) is 6.08 Å². The van der Waals surface area contributed by atoms with Gasteiger partial charge in [0, 0.05) is 26.4 Å². The highest BCUT2D eigenvalue weighted by Gasteiger charge is 2.19. The lowest BCUT2D eigenvalue weighted by atomic mass is 10.2. The minimum atomic E-state index is -3.70. The molecule has 6 nitrogen and oxygen atoms in total. The molecule has 0 N–H and O–H groups in total. The first kappa shape index (κ1) is 17.0. The van der Waals surface area contributed by atoms with E-state index in [4.69, 9.17) is 0 Å². The quantitative estimate of drug-likeness (QED) is 0.800. The predicted molar refractivity (Wildman–Crippen MR) is 88.5 cm³/mol. The summed E-state index contributed by atoms with van der Waals surface area (Å²) in [6.07, 6.45) is 4.26. The molecule has 2 rings (SSSR count). The SMILES string of the molecule is Cc1ccc(S(=O)(=O)n2cc(C=CC(=O)N(C)C)nc2C)cc1. The van der Waals surface area contributed by atoms with E-state index in [1.165, 1.54) is 23.2 Å². The summed E-state index contributed by atoms with van der Waals surface area (Å²) >= 11 is 0. The van der Waals surface area contributed by atoms with E-state index in [1.54, 1.807) is 45.3 Å². The molecule has 0 aliphatic rings. The van der Waals surface area contributed by atoms with Crippen molar-refractivity contribution in [1.29, 1.82) is 0 Å². The molecule has 0 aliphatic carbocycles. The van der Waals surface area contributed by atoms with Crippen LogP contribution in [0.1, 0.15) is 17.1 Å². The summed E-state index contributed by atoms with van der Waals surface area (Å²) < 4.78 is 26.4. The number of hydrogen-bond acceptors (Lipinski definition) is 4. The Kier molecular flexibility index (Phi) is 4.70. The molecule has 23 heavy (non-hydrogen) atoms. The van der Waals surface area contributed by atoms with E-state index in [0.717, 1.165) is 9.54 Å². The van der Waals surface area contributed by atoms with Gasteiger partial charge >= 0.3 is 0 Å². The number of aromatic nitrogens is 2. The zero-order valence-corrected chi connectivity index (χ0v) is 14.3. The molecule has 0 saturated carbocycles. The van der Waals surface area contributed by atoms with Gasteiger partial charge in [-0.05, 0) is 32.1 Å². The Morgan fingerprint density at radius 1 is 1.17 bits per heavy atom. The van der Waals surface area contributed by atoms with Crippen LogP contribution in [0.15, 0.2) is 41.4 Å². The number of carbonyl (C=O) groups excluding carboxylic acids is 1. The molecule has 1 aromatic carbocycles. The maximum absolute atomic E-state index is 12.6. The number of carbonyl (C=O) groups is 1. The van der Waals surface area contributed by atoms with Gasteiger partial charge in [0.25, 0.3) is 10.0 Å². The van der Waals surface area contributed by atoms with Gasteiger partial charge in [0.15, 0.2) is 0 Å². The summed E-state index contributed by atoms with van der Waals surface area (Å²) in [5.41, 5.74) is 1.39. The Morgan fingerprint density at radius 3 is 2.35 bits per heavy atom. The van der Waals surface area contributed by atoms with Crippen LogP contribution in [0.4, 0.5) is 0 Å². The fraction of sp³-hybridized carbons (Fsp3) is 0.250. The molecule has 0 atom stereocenters. The largest absolute Gasteiger partial charge is 0.345 e. The van der Waals surface area contributed by atoms with E-state index < -0.39 is 10.0 Å². The third-order valence-electron chi connectivity index (χ3n) is 3.27. The summed E-state index contributed by atoms with van der Waals surface area (Å²) in [4.78, 5) is 17.3. The average molecular weight is 333 g/mol. The number of hydrogen-bond donors (Lipinski definition) is 0. The molecule has 0 radical (unpaired) electrons.